The number of rotatable bonds is 2. The van der Waals surface area contributed by atoms with Gasteiger partial charge in [-0.15, -0.1) is 5.23 Å². The third-order valence-corrected chi connectivity index (χ3v) is 1.49. The van der Waals surface area contributed by atoms with Crippen LogP contribution in [-0.2, 0) is 0 Å². The predicted molar refractivity (Wildman–Crippen MR) is 45.5 cm³/mol. The summed E-state index contributed by atoms with van der Waals surface area (Å²) in [5, 5.41) is 17.3. The first-order valence-electron chi connectivity index (χ1n) is 3.61. The van der Waals surface area contributed by atoms with E-state index in [1.807, 2.05) is 30.3 Å². The van der Waals surface area contributed by atoms with Gasteiger partial charge in [-0.05, 0) is 18.6 Å². The molecule has 1 aromatic rings. The fourth-order valence-corrected chi connectivity index (χ4v) is 0.848. The molecule has 0 aliphatic rings. The van der Waals surface area contributed by atoms with Gasteiger partial charge in [0.15, 0.2) is 0 Å². The fourth-order valence-electron chi connectivity index (χ4n) is 0.848. The first-order valence-corrected chi connectivity index (χ1v) is 3.61. The Bertz CT molecular complexity index is 267. The molecule has 1 aromatic carbocycles. The lowest BCUT2D eigenvalue weighted by Gasteiger charge is -2.06. The van der Waals surface area contributed by atoms with E-state index in [1.165, 1.54) is 0 Å². The Kier molecular flexibility index (Phi) is 2.85. The largest absolute Gasteiger partial charge is 0.264 e. The van der Waals surface area contributed by atoms with Crippen molar-refractivity contribution in [1.82, 2.24) is 5.23 Å². The van der Waals surface area contributed by atoms with Gasteiger partial charge in [0.25, 0.3) is 0 Å². The molecule has 0 saturated heterocycles. The highest BCUT2D eigenvalue weighted by atomic mass is 16.8. The Morgan fingerprint density at radius 3 is 2.33 bits per heavy atom. The molecule has 2 N–H and O–H groups in total. The lowest BCUT2D eigenvalue weighted by molar-refractivity contribution is -0.277. The van der Waals surface area contributed by atoms with Gasteiger partial charge in [0.1, 0.15) is 0 Å². The Morgan fingerprint density at radius 1 is 1.25 bits per heavy atom. The van der Waals surface area contributed by atoms with Crippen molar-refractivity contribution < 1.29 is 10.4 Å². The molecular weight excluding hydrogens is 154 g/mol. The minimum atomic E-state index is 0.104. The summed E-state index contributed by atoms with van der Waals surface area (Å²) in [5.41, 5.74) is 1.31. The third kappa shape index (κ3) is 2.38. The maximum atomic E-state index is 8.60. The van der Waals surface area contributed by atoms with E-state index in [1.54, 1.807) is 13.0 Å². The zero-order chi connectivity index (χ0) is 8.97. The van der Waals surface area contributed by atoms with Crippen LogP contribution in [-0.4, -0.2) is 15.6 Å². The van der Waals surface area contributed by atoms with Crippen LogP contribution in [0.2, 0.25) is 0 Å². The number of hydrogen-bond donors (Lipinski definition) is 2. The van der Waals surface area contributed by atoms with Crippen LogP contribution in [0.25, 0.3) is 6.08 Å². The Labute approximate surface area is 71.1 Å². The summed E-state index contributed by atoms with van der Waals surface area (Å²) >= 11 is 0. The molecular formula is C9H11NO2. The van der Waals surface area contributed by atoms with Crippen molar-refractivity contribution in [2.24, 2.45) is 0 Å². The summed E-state index contributed by atoms with van der Waals surface area (Å²) < 4.78 is 0. The standard InChI is InChI=1S/C9H11NO2/c1-8(10(11)12)7-9-5-3-2-4-6-9/h2-7,11-12H,1H3. The molecule has 0 heterocycles. The molecule has 0 aliphatic carbocycles. The summed E-state index contributed by atoms with van der Waals surface area (Å²) in [6.45, 7) is 1.60. The molecule has 0 unspecified atom stereocenters. The van der Waals surface area contributed by atoms with E-state index in [-0.39, 0.29) is 5.23 Å². The summed E-state index contributed by atoms with van der Waals surface area (Å²) in [6, 6.07) is 9.44. The van der Waals surface area contributed by atoms with E-state index in [0.29, 0.717) is 5.70 Å². The van der Waals surface area contributed by atoms with Crippen LogP contribution < -0.4 is 0 Å². The van der Waals surface area contributed by atoms with E-state index in [4.69, 9.17) is 10.4 Å². The number of hydrogen-bond acceptors (Lipinski definition) is 3. The van der Waals surface area contributed by atoms with Gasteiger partial charge in [0.05, 0.1) is 5.70 Å². The van der Waals surface area contributed by atoms with Crippen molar-refractivity contribution in [2.45, 2.75) is 6.92 Å². The van der Waals surface area contributed by atoms with E-state index in [9.17, 15) is 0 Å². The SMILES string of the molecule is CC(=Cc1ccccc1)N(O)O. The van der Waals surface area contributed by atoms with Crippen molar-refractivity contribution in [3.63, 3.8) is 0 Å². The maximum Gasteiger partial charge on any atom is 0.0691 e. The second kappa shape index (κ2) is 3.90. The minimum absolute atomic E-state index is 0.104. The van der Waals surface area contributed by atoms with Gasteiger partial charge in [0, 0.05) is 0 Å². The number of hydroxylamine groups is 2. The lowest BCUT2D eigenvalue weighted by atomic mass is 10.2. The Morgan fingerprint density at radius 2 is 1.83 bits per heavy atom. The second-order valence-electron chi connectivity index (χ2n) is 2.49. The highest BCUT2D eigenvalue weighted by Crippen LogP contribution is 2.06. The van der Waals surface area contributed by atoms with Crippen LogP contribution in [0.4, 0.5) is 0 Å². The molecule has 12 heavy (non-hydrogen) atoms. The van der Waals surface area contributed by atoms with Crippen LogP contribution in [0.5, 0.6) is 0 Å². The monoisotopic (exact) mass is 165 g/mol. The van der Waals surface area contributed by atoms with E-state index < -0.39 is 0 Å². The lowest BCUT2D eigenvalue weighted by Crippen LogP contribution is -2.09. The van der Waals surface area contributed by atoms with Gasteiger partial charge in [-0.1, -0.05) is 30.3 Å². The van der Waals surface area contributed by atoms with Gasteiger partial charge in [-0.25, -0.2) is 0 Å². The van der Waals surface area contributed by atoms with Gasteiger partial charge in [0.2, 0.25) is 0 Å². The second-order valence-corrected chi connectivity index (χ2v) is 2.49. The summed E-state index contributed by atoms with van der Waals surface area (Å²) in [6.07, 6.45) is 1.67. The summed E-state index contributed by atoms with van der Waals surface area (Å²) in [7, 11) is 0. The van der Waals surface area contributed by atoms with Gasteiger partial charge in [-0.2, -0.15) is 0 Å². The molecule has 0 spiro atoms. The zero-order valence-corrected chi connectivity index (χ0v) is 6.81. The first-order chi connectivity index (χ1) is 5.70. The van der Waals surface area contributed by atoms with E-state index in [0.717, 1.165) is 5.56 Å². The van der Waals surface area contributed by atoms with Crippen LogP contribution in [0.3, 0.4) is 0 Å². The molecule has 0 aliphatic heterocycles. The van der Waals surface area contributed by atoms with Crippen LogP contribution >= 0.6 is 0 Å². The van der Waals surface area contributed by atoms with Crippen molar-refractivity contribution in [3.05, 3.63) is 41.6 Å². The van der Waals surface area contributed by atoms with Crippen molar-refractivity contribution in [2.75, 3.05) is 0 Å². The number of allylic oxidation sites excluding steroid dienone is 1. The molecule has 0 radical (unpaired) electrons. The maximum absolute atomic E-state index is 8.60. The van der Waals surface area contributed by atoms with Gasteiger partial charge >= 0.3 is 0 Å². The van der Waals surface area contributed by atoms with Crippen LogP contribution in [0.1, 0.15) is 12.5 Å². The normalized spacial score (nSPS) is 11.4. The first kappa shape index (κ1) is 8.77. The highest BCUT2D eigenvalue weighted by Gasteiger charge is 1.94. The predicted octanol–water partition coefficient (Wildman–Crippen LogP) is 2.13. The molecule has 0 atom stereocenters. The van der Waals surface area contributed by atoms with Crippen LogP contribution in [0, 0.1) is 0 Å². The van der Waals surface area contributed by atoms with Gasteiger partial charge < -0.3 is 0 Å². The molecule has 1 rings (SSSR count). The van der Waals surface area contributed by atoms with E-state index in [2.05, 4.69) is 0 Å². The topological polar surface area (TPSA) is 43.7 Å². The van der Waals surface area contributed by atoms with Crippen molar-refractivity contribution in [1.29, 1.82) is 0 Å². The molecule has 0 saturated carbocycles. The highest BCUT2D eigenvalue weighted by molar-refractivity contribution is 5.50. The quantitative estimate of drug-likeness (QED) is 0.660. The molecule has 0 amide bonds. The molecule has 0 aromatic heterocycles. The molecule has 3 heteroatoms. The zero-order valence-electron chi connectivity index (χ0n) is 6.81. The molecule has 64 valence electrons. The number of nitrogens with zero attached hydrogens (tertiary/aromatic N) is 1. The molecule has 0 bridgehead atoms. The van der Waals surface area contributed by atoms with Crippen molar-refractivity contribution >= 4 is 6.08 Å². The number of benzene rings is 1. The Balaban J connectivity index is 2.81. The van der Waals surface area contributed by atoms with Crippen molar-refractivity contribution in [3.8, 4) is 0 Å². The fraction of sp³-hybridized carbons (Fsp3) is 0.111. The average Bonchev–Trinajstić information content (AvgIpc) is 2.06. The Hall–Kier alpha value is -1.32. The molecule has 3 nitrogen and oxygen atoms in total. The summed E-state index contributed by atoms with van der Waals surface area (Å²) in [4.78, 5) is 0. The van der Waals surface area contributed by atoms with E-state index >= 15 is 0 Å². The van der Waals surface area contributed by atoms with Gasteiger partial charge in [-0.3, -0.25) is 10.4 Å². The average molecular weight is 165 g/mol. The minimum Gasteiger partial charge on any atom is -0.264 e. The third-order valence-electron chi connectivity index (χ3n) is 1.49. The molecule has 0 fully saturated rings. The summed E-state index contributed by atoms with van der Waals surface area (Å²) in [5.74, 6) is 0. The van der Waals surface area contributed by atoms with Crippen LogP contribution in [0.15, 0.2) is 36.0 Å². The smallest absolute Gasteiger partial charge is 0.0691 e.